The maximum Gasteiger partial charge on any atom is 0.152 e. The molecular weight excluding hydrogens is 224 g/mol. The zero-order valence-electron chi connectivity index (χ0n) is 10.4. The highest BCUT2D eigenvalue weighted by molar-refractivity contribution is 5.83. The Morgan fingerprint density at radius 2 is 2.44 bits per heavy atom. The number of aromatic nitrogens is 1. The monoisotopic (exact) mass is 240 g/mol. The van der Waals surface area contributed by atoms with Crippen molar-refractivity contribution in [3.8, 4) is 6.07 Å². The zero-order valence-corrected chi connectivity index (χ0v) is 10.4. The minimum atomic E-state index is 0.568. The molecule has 4 nitrogen and oxygen atoms in total. The number of nitriles is 1. The van der Waals surface area contributed by atoms with E-state index in [4.69, 9.17) is 11.0 Å². The van der Waals surface area contributed by atoms with Gasteiger partial charge in [0, 0.05) is 24.2 Å². The minimum Gasteiger partial charge on any atom is -0.404 e. The first-order valence-electron chi connectivity index (χ1n) is 5.72. The number of rotatable bonds is 5. The van der Waals surface area contributed by atoms with E-state index in [1.165, 1.54) is 6.20 Å². The standard InChI is InChI=1S/C14H16N4/c1-3-5-12-6-14(18-10-13(12)8-16)17-9-11(4-2)7-15/h4,6-7,9-10H,2-3,5,15H2,1H3. The third-order valence-corrected chi connectivity index (χ3v) is 2.39. The van der Waals surface area contributed by atoms with Gasteiger partial charge in [-0.2, -0.15) is 5.26 Å². The molecule has 2 N–H and O–H groups in total. The molecule has 0 aliphatic rings. The number of hydrogen-bond donors (Lipinski definition) is 1. The molecule has 0 saturated carbocycles. The van der Waals surface area contributed by atoms with Crippen LogP contribution in [-0.4, -0.2) is 11.2 Å². The SMILES string of the molecule is C=CC(C=Nc1cc(CCC)c(C#N)cn1)=CN. The number of aliphatic imine (C=N–C) groups is 1. The molecular formula is C14H16N4. The molecule has 1 aromatic heterocycles. The fourth-order valence-corrected chi connectivity index (χ4v) is 1.44. The fourth-order valence-electron chi connectivity index (χ4n) is 1.44. The van der Waals surface area contributed by atoms with Crippen LogP contribution in [0, 0.1) is 11.3 Å². The summed E-state index contributed by atoms with van der Waals surface area (Å²) in [6.07, 6.45) is 8.00. The van der Waals surface area contributed by atoms with Gasteiger partial charge in [0.25, 0.3) is 0 Å². The van der Waals surface area contributed by atoms with Gasteiger partial charge < -0.3 is 5.73 Å². The van der Waals surface area contributed by atoms with Gasteiger partial charge in [0.2, 0.25) is 0 Å². The molecule has 0 unspecified atom stereocenters. The predicted molar refractivity (Wildman–Crippen MR) is 73.6 cm³/mol. The molecule has 0 bridgehead atoms. The maximum absolute atomic E-state index is 8.96. The van der Waals surface area contributed by atoms with Crippen molar-refractivity contribution in [2.24, 2.45) is 10.7 Å². The van der Waals surface area contributed by atoms with E-state index < -0.39 is 0 Å². The van der Waals surface area contributed by atoms with Crippen LogP contribution in [0.3, 0.4) is 0 Å². The van der Waals surface area contributed by atoms with E-state index >= 15 is 0 Å². The molecule has 0 atom stereocenters. The normalized spacial score (nSPS) is 11.4. The first-order chi connectivity index (χ1) is 8.74. The summed E-state index contributed by atoms with van der Waals surface area (Å²) in [4.78, 5) is 8.31. The summed E-state index contributed by atoms with van der Waals surface area (Å²) in [5.41, 5.74) is 7.68. The van der Waals surface area contributed by atoms with Gasteiger partial charge in [-0.15, -0.1) is 0 Å². The topological polar surface area (TPSA) is 75.1 Å². The van der Waals surface area contributed by atoms with E-state index in [1.807, 2.05) is 6.07 Å². The second-order valence-electron chi connectivity index (χ2n) is 3.69. The largest absolute Gasteiger partial charge is 0.404 e. The highest BCUT2D eigenvalue weighted by Crippen LogP contribution is 2.16. The molecule has 92 valence electrons. The van der Waals surface area contributed by atoms with Gasteiger partial charge in [-0.1, -0.05) is 26.0 Å². The lowest BCUT2D eigenvalue weighted by atomic mass is 10.1. The van der Waals surface area contributed by atoms with Crippen LogP contribution in [-0.2, 0) is 6.42 Å². The molecule has 0 aliphatic carbocycles. The zero-order chi connectivity index (χ0) is 13.4. The number of pyridine rings is 1. The third kappa shape index (κ3) is 3.56. The first-order valence-corrected chi connectivity index (χ1v) is 5.72. The summed E-state index contributed by atoms with van der Waals surface area (Å²) >= 11 is 0. The Bertz CT molecular complexity index is 521. The van der Waals surface area contributed by atoms with Crippen molar-refractivity contribution in [1.29, 1.82) is 5.26 Å². The fraction of sp³-hybridized carbons (Fsp3) is 0.214. The molecule has 1 rings (SSSR count). The van der Waals surface area contributed by atoms with Crippen LogP contribution in [0.1, 0.15) is 24.5 Å². The maximum atomic E-state index is 8.96. The van der Waals surface area contributed by atoms with Gasteiger partial charge >= 0.3 is 0 Å². The van der Waals surface area contributed by atoms with Crippen molar-refractivity contribution in [1.82, 2.24) is 4.98 Å². The molecule has 1 heterocycles. The number of nitrogens with zero attached hydrogens (tertiary/aromatic N) is 3. The van der Waals surface area contributed by atoms with Crippen molar-refractivity contribution >= 4 is 12.0 Å². The van der Waals surface area contributed by atoms with Crippen LogP contribution in [0.5, 0.6) is 0 Å². The minimum absolute atomic E-state index is 0.568. The van der Waals surface area contributed by atoms with Gasteiger partial charge in [-0.05, 0) is 18.1 Å². The molecule has 0 radical (unpaired) electrons. The third-order valence-electron chi connectivity index (χ3n) is 2.39. The van der Waals surface area contributed by atoms with E-state index in [0.29, 0.717) is 11.4 Å². The highest BCUT2D eigenvalue weighted by Gasteiger charge is 2.03. The van der Waals surface area contributed by atoms with Crippen LogP contribution in [0.15, 0.2) is 41.7 Å². The Morgan fingerprint density at radius 1 is 1.67 bits per heavy atom. The van der Waals surface area contributed by atoms with Gasteiger partial charge in [0.05, 0.1) is 5.56 Å². The van der Waals surface area contributed by atoms with E-state index in [0.717, 1.165) is 24.0 Å². The van der Waals surface area contributed by atoms with Crippen LogP contribution < -0.4 is 5.73 Å². The van der Waals surface area contributed by atoms with Gasteiger partial charge in [0.1, 0.15) is 6.07 Å². The summed E-state index contributed by atoms with van der Waals surface area (Å²) in [6.45, 7) is 5.68. The van der Waals surface area contributed by atoms with Crippen LogP contribution in [0.4, 0.5) is 5.82 Å². The summed E-state index contributed by atoms with van der Waals surface area (Å²) in [7, 11) is 0. The highest BCUT2D eigenvalue weighted by atomic mass is 14.9. The molecule has 0 saturated heterocycles. The van der Waals surface area contributed by atoms with E-state index in [9.17, 15) is 0 Å². The van der Waals surface area contributed by atoms with E-state index in [2.05, 4.69) is 29.5 Å². The predicted octanol–water partition coefficient (Wildman–Crippen LogP) is 2.64. The van der Waals surface area contributed by atoms with Crippen LogP contribution in [0.2, 0.25) is 0 Å². The summed E-state index contributed by atoms with van der Waals surface area (Å²) < 4.78 is 0. The van der Waals surface area contributed by atoms with Crippen LogP contribution >= 0.6 is 0 Å². The smallest absolute Gasteiger partial charge is 0.152 e. The average Bonchev–Trinajstić information content (AvgIpc) is 2.40. The van der Waals surface area contributed by atoms with Crippen molar-refractivity contribution < 1.29 is 0 Å². The van der Waals surface area contributed by atoms with Crippen molar-refractivity contribution in [2.45, 2.75) is 19.8 Å². The van der Waals surface area contributed by atoms with Crippen LogP contribution in [0.25, 0.3) is 0 Å². The van der Waals surface area contributed by atoms with Crippen molar-refractivity contribution in [3.05, 3.63) is 47.8 Å². The van der Waals surface area contributed by atoms with Crippen molar-refractivity contribution in [3.63, 3.8) is 0 Å². The molecule has 0 spiro atoms. The lowest BCUT2D eigenvalue weighted by Gasteiger charge is -2.02. The lowest BCUT2D eigenvalue weighted by molar-refractivity contribution is 0.914. The summed E-state index contributed by atoms with van der Waals surface area (Å²) in [5, 5.41) is 8.96. The second kappa shape index (κ2) is 7.02. The number of hydrogen-bond acceptors (Lipinski definition) is 4. The number of allylic oxidation sites excluding steroid dienone is 2. The molecule has 0 aliphatic heterocycles. The van der Waals surface area contributed by atoms with Crippen molar-refractivity contribution in [2.75, 3.05) is 0 Å². The van der Waals surface area contributed by atoms with Gasteiger partial charge in [-0.25, -0.2) is 9.98 Å². The first kappa shape index (κ1) is 13.7. The van der Waals surface area contributed by atoms with Gasteiger partial charge in [0.15, 0.2) is 5.82 Å². The molecule has 0 amide bonds. The van der Waals surface area contributed by atoms with E-state index in [1.54, 1.807) is 18.5 Å². The Kier molecular flexibility index (Phi) is 5.33. The van der Waals surface area contributed by atoms with E-state index in [-0.39, 0.29) is 0 Å². The molecule has 18 heavy (non-hydrogen) atoms. The quantitative estimate of drug-likeness (QED) is 0.635. The Balaban J connectivity index is 3.02. The van der Waals surface area contributed by atoms with Gasteiger partial charge in [-0.3, -0.25) is 0 Å². The Hall–Kier alpha value is -2.41. The lowest BCUT2D eigenvalue weighted by Crippen LogP contribution is -1.92. The summed E-state index contributed by atoms with van der Waals surface area (Å²) in [6, 6.07) is 3.96. The molecule has 4 heteroatoms. The Morgan fingerprint density at radius 3 is 3.00 bits per heavy atom. The Labute approximate surface area is 107 Å². The second-order valence-corrected chi connectivity index (χ2v) is 3.69. The average molecular weight is 240 g/mol. The summed E-state index contributed by atoms with van der Waals surface area (Å²) in [5.74, 6) is 0.568. The molecule has 1 aromatic rings. The number of nitrogens with two attached hydrogens (primary N) is 1. The molecule has 0 aromatic carbocycles. The molecule has 0 fully saturated rings. The number of aryl methyl sites for hydroxylation is 1.